The van der Waals surface area contributed by atoms with Crippen molar-refractivity contribution in [1.82, 2.24) is 5.32 Å². The minimum atomic E-state index is 0.476. The van der Waals surface area contributed by atoms with Crippen LogP contribution in [-0.2, 0) is 0 Å². The quantitative estimate of drug-likeness (QED) is 0.742. The molecular weight excluding hydrogens is 238 g/mol. The third-order valence-corrected chi connectivity index (χ3v) is 3.39. The Morgan fingerprint density at radius 2 is 1.84 bits per heavy atom. The van der Waals surface area contributed by atoms with Crippen molar-refractivity contribution in [2.24, 2.45) is 5.92 Å². The lowest BCUT2D eigenvalue weighted by Crippen LogP contribution is -2.36. The summed E-state index contributed by atoms with van der Waals surface area (Å²) in [7, 11) is 0. The molecule has 106 valence electrons. The summed E-state index contributed by atoms with van der Waals surface area (Å²) >= 11 is 0. The summed E-state index contributed by atoms with van der Waals surface area (Å²) in [5.41, 5.74) is 0. The van der Waals surface area contributed by atoms with Crippen molar-refractivity contribution in [2.75, 3.05) is 19.8 Å². The molecule has 3 heteroatoms. The van der Waals surface area contributed by atoms with Crippen LogP contribution in [0.5, 0.6) is 11.5 Å². The van der Waals surface area contributed by atoms with E-state index in [0.717, 1.165) is 43.6 Å². The molecule has 1 saturated carbocycles. The first-order valence-corrected chi connectivity index (χ1v) is 7.43. The van der Waals surface area contributed by atoms with Gasteiger partial charge in [0.15, 0.2) is 11.5 Å². The van der Waals surface area contributed by atoms with Crippen LogP contribution in [0.4, 0.5) is 0 Å². The van der Waals surface area contributed by atoms with Crippen LogP contribution in [0.1, 0.15) is 33.1 Å². The number of nitrogens with one attached hydrogen (secondary N) is 1. The minimum absolute atomic E-state index is 0.476. The molecule has 3 nitrogen and oxygen atoms in total. The van der Waals surface area contributed by atoms with Gasteiger partial charge in [0.25, 0.3) is 0 Å². The van der Waals surface area contributed by atoms with Crippen LogP contribution in [-0.4, -0.2) is 25.8 Å². The van der Waals surface area contributed by atoms with Crippen molar-refractivity contribution >= 4 is 0 Å². The van der Waals surface area contributed by atoms with E-state index in [0.29, 0.717) is 6.04 Å². The molecule has 19 heavy (non-hydrogen) atoms. The normalized spacial score (nSPS) is 16.1. The van der Waals surface area contributed by atoms with E-state index < -0.39 is 0 Å². The zero-order chi connectivity index (χ0) is 13.5. The molecule has 0 bridgehead atoms. The Bertz CT molecular complexity index is 377. The molecule has 0 amide bonds. The van der Waals surface area contributed by atoms with Gasteiger partial charge in [0.1, 0.15) is 6.61 Å². The Morgan fingerprint density at radius 1 is 1.16 bits per heavy atom. The number of benzene rings is 1. The van der Waals surface area contributed by atoms with E-state index >= 15 is 0 Å². The molecule has 1 unspecified atom stereocenters. The highest BCUT2D eigenvalue weighted by molar-refractivity contribution is 5.39. The van der Waals surface area contributed by atoms with E-state index in [1.165, 1.54) is 12.8 Å². The highest BCUT2D eigenvalue weighted by Crippen LogP contribution is 2.34. The number of hydrogen-bond donors (Lipinski definition) is 1. The molecule has 1 N–H and O–H groups in total. The maximum atomic E-state index is 5.96. The first kappa shape index (κ1) is 14.2. The molecule has 1 aromatic rings. The second kappa shape index (κ2) is 7.39. The molecule has 1 atom stereocenters. The van der Waals surface area contributed by atoms with E-state index in [1.807, 2.05) is 24.3 Å². The fraction of sp³-hybridized carbons (Fsp3) is 0.625. The van der Waals surface area contributed by atoms with Crippen molar-refractivity contribution in [2.45, 2.75) is 39.2 Å². The lowest BCUT2D eigenvalue weighted by molar-refractivity contribution is 0.231. The lowest BCUT2D eigenvalue weighted by atomic mass is 10.2. The number of likely N-dealkylation sites (N-methyl/N-ethyl adjacent to an activating group) is 1. The van der Waals surface area contributed by atoms with E-state index in [-0.39, 0.29) is 0 Å². The molecule has 0 heterocycles. The monoisotopic (exact) mass is 263 g/mol. The maximum Gasteiger partial charge on any atom is 0.161 e. The SMILES string of the molecule is CCCOc1ccccc1OCC(NCC)C1CC1. The van der Waals surface area contributed by atoms with Crippen molar-refractivity contribution in [3.05, 3.63) is 24.3 Å². The molecular formula is C16H25NO2. The summed E-state index contributed by atoms with van der Waals surface area (Å²) in [5.74, 6) is 2.51. The van der Waals surface area contributed by atoms with Crippen LogP contribution in [0.2, 0.25) is 0 Å². The summed E-state index contributed by atoms with van der Waals surface area (Å²) in [5, 5.41) is 3.51. The van der Waals surface area contributed by atoms with Gasteiger partial charge in [-0.1, -0.05) is 26.0 Å². The van der Waals surface area contributed by atoms with Gasteiger partial charge in [-0.3, -0.25) is 0 Å². The highest BCUT2D eigenvalue weighted by atomic mass is 16.5. The second-order valence-corrected chi connectivity index (χ2v) is 5.11. The van der Waals surface area contributed by atoms with Gasteiger partial charge in [-0.05, 0) is 43.9 Å². The Balaban J connectivity index is 1.90. The largest absolute Gasteiger partial charge is 0.490 e. The third-order valence-electron chi connectivity index (χ3n) is 3.39. The molecule has 0 saturated heterocycles. The molecule has 1 aromatic carbocycles. The number of ether oxygens (including phenoxy) is 2. The summed E-state index contributed by atoms with van der Waals surface area (Å²) in [6.07, 6.45) is 3.67. The lowest BCUT2D eigenvalue weighted by Gasteiger charge is -2.19. The van der Waals surface area contributed by atoms with Crippen LogP contribution in [0, 0.1) is 5.92 Å². The van der Waals surface area contributed by atoms with Crippen molar-refractivity contribution in [3.8, 4) is 11.5 Å². The van der Waals surface area contributed by atoms with Crippen LogP contribution in [0.3, 0.4) is 0 Å². The molecule has 1 fully saturated rings. The molecule has 0 spiro atoms. The molecule has 0 aliphatic heterocycles. The number of hydrogen-bond acceptors (Lipinski definition) is 3. The zero-order valence-electron chi connectivity index (χ0n) is 12.0. The molecule has 0 aromatic heterocycles. The topological polar surface area (TPSA) is 30.5 Å². The standard InChI is InChI=1S/C16H25NO2/c1-3-11-18-15-7-5-6-8-16(15)19-12-14(17-4-2)13-9-10-13/h5-8,13-14,17H,3-4,9-12H2,1-2H3. The van der Waals surface area contributed by atoms with Crippen LogP contribution in [0.25, 0.3) is 0 Å². The van der Waals surface area contributed by atoms with Crippen molar-refractivity contribution in [1.29, 1.82) is 0 Å². The van der Waals surface area contributed by atoms with Gasteiger partial charge in [-0.25, -0.2) is 0 Å². The summed E-state index contributed by atoms with van der Waals surface area (Å²) in [6, 6.07) is 8.42. The number of rotatable bonds is 9. The summed E-state index contributed by atoms with van der Waals surface area (Å²) < 4.78 is 11.7. The van der Waals surface area contributed by atoms with Gasteiger partial charge < -0.3 is 14.8 Å². The molecule has 0 radical (unpaired) electrons. The first-order valence-electron chi connectivity index (χ1n) is 7.43. The second-order valence-electron chi connectivity index (χ2n) is 5.11. The van der Waals surface area contributed by atoms with Crippen molar-refractivity contribution < 1.29 is 9.47 Å². The van der Waals surface area contributed by atoms with Gasteiger partial charge in [0, 0.05) is 6.04 Å². The van der Waals surface area contributed by atoms with Gasteiger partial charge in [0.05, 0.1) is 6.61 Å². The van der Waals surface area contributed by atoms with Gasteiger partial charge in [-0.15, -0.1) is 0 Å². The van der Waals surface area contributed by atoms with Crippen LogP contribution >= 0.6 is 0 Å². The predicted octanol–water partition coefficient (Wildman–Crippen LogP) is 3.24. The van der Waals surface area contributed by atoms with Crippen LogP contribution < -0.4 is 14.8 Å². The zero-order valence-corrected chi connectivity index (χ0v) is 12.0. The van der Waals surface area contributed by atoms with E-state index in [9.17, 15) is 0 Å². The van der Waals surface area contributed by atoms with E-state index in [4.69, 9.17) is 9.47 Å². The Hall–Kier alpha value is -1.22. The molecule has 1 aliphatic carbocycles. The third kappa shape index (κ3) is 4.43. The van der Waals surface area contributed by atoms with Crippen molar-refractivity contribution in [3.63, 3.8) is 0 Å². The Labute approximate surface area is 116 Å². The van der Waals surface area contributed by atoms with Gasteiger partial charge in [-0.2, -0.15) is 0 Å². The molecule has 2 rings (SSSR count). The van der Waals surface area contributed by atoms with E-state index in [2.05, 4.69) is 19.2 Å². The Morgan fingerprint density at radius 3 is 2.42 bits per heavy atom. The fourth-order valence-electron chi connectivity index (χ4n) is 2.20. The summed E-state index contributed by atoms with van der Waals surface area (Å²) in [6.45, 7) is 6.72. The highest BCUT2D eigenvalue weighted by Gasteiger charge is 2.31. The summed E-state index contributed by atoms with van der Waals surface area (Å²) in [4.78, 5) is 0. The Kier molecular flexibility index (Phi) is 5.52. The first-order chi connectivity index (χ1) is 9.35. The van der Waals surface area contributed by atoms with Gasteiger partial charge >= 0.3 is 0 Å². The van der Waals surface area contributed by atoms with Gasteiger partial charge in [0.2, 0.25) is 0 Å². The average Bonchev–Trinajstić information content (AvgIpc) is 3.26. The molecule has 1 aliphatic rings. The fourth-order valence-corrected chi connectivity index (χ4v) is 2.20. The van der Waals surface area contributed by atoms with E-state index in [1.54, 1.807) is 0 Å². The minimum Gasteiger partial charge on any atom is -0.490 e. The average molecular weight is 263 g/mol. The predicted molar refractivity (Wildman–Crippen MR) is 77.9 cm³/mol. The maximum absolute atomic E-state index is 5.96. The van der Waals surface area contributed by atoms with Crippen LogP contribution in [0.15, 0.2) is 24.3 Å². The number of para-hydroxylation sites is 2. The smallest absolute Gasteiger partial charge is 0.161 e.